The molecule has 1 heterocycles. The topological polar surface area (TPSA) is 70.2 Å². The van der Waals surface area contributed by atoms with Crippen LogP contribution in [0, 0.1) is 0 Å². The summed E-state index contributed by atoms with van der Waals surface area (Å²) in [7, 11) is 0.590. The van der Waals surface area contributed by atoms with Crippen LogP contribution in [0.25, 0.3) is 0 Å². The number of rotatable bonds is 5. The largest absolute Gasteiger partial charge is 0.495 e. The molecule has 0 N–H and O–H groups in total. The summed E-state index contributed by atoms with van der Waals surface area (Å²) < 4.78 is 31.5. The van der Waals surface area contributed by atoms with Gasteiger partial charge >= 0.3 is 0 Å². The number of hydrogen-bond acceptors (Lipinski definition) is 5. The van der Waals surface area contributed by atoms with Crippen molar-refractivity contribution in [3.05, 3.63) is 54.1 Å². The Kier molecular flexibility index (Phi) is 5.90. The molecule has 150 valence electrons. The predicted molar refractivity (Wildman–Crippen MR) is 108 cm³/mol. The van der Waals surface area contributed by atoms with E-state index in [0.717, 1.165) is 23.1 Å². The van der Waals surface area contributed by atoms with Crippen LogP contribution in [0.5, 0.6) is 5.75 Å². The summed E-state index contributed by atoms with van der Waals surface area (Å²) in [5, 5.41) is 0. The van der Waals surface area contributed by atoms with Gasteiger partial charge < -0.3 is 14.5 Å². The summed E-state index contributed by atoms with van der Waals surface area (Å²) in [6.07, 6.45) is 0. The molecular formula is C20H25N3O4S. The molecule has 1 aliphatic rings. The number of ether oxygens (including phenoxy) is 1. The van der Waals surface area contributed by atoms with Crippen molar-refractivity contribution in [1.82, 2.24) is 9.21 Å². The van der Waals surface area contributed by atoms with Gasteiger partial charge in [0.1, 0.15) is 10.6 Å². The Morgan fingerprint density at radius 3 is 2.21 bits per heavy atom. The number of sulfonamides is 1. The summed E-state index contributed by atoms with van der Waals surface area (Å²) in [6.45, 7) is 2.62. The van der Waals surface area contributed by atoms with Gasteiger partial charge in [0.2, 0.25) is 10.0 Å². The van der Waals surface area contributed by atoms with Crippen LogP contribution in [0.4, 0.5) is 5.69 Å². The van der Waals surface area contributed by atoms with Crippen LogP contribution < -0.4 is 9.64 Å². The maximum atomic E-state index is 12.9. The van der Waals surface area contributed by atoms with Gasteiger partial charge in [0.25, 0.3) is 5.91 Å². The zero-order chi connectivity index (χ0) is 20.3. The zero-order valence-electron chi connectivity index (χ0n) is 16.3. The van der Waals surface area contributed by atoms with Gasteiger partial charge in [-0.05, 0) is 30.3 Å². The summed E-state index contributed by atoms with van der Waals surface area (Å²) in [6, 6.07) is 14.6. The molecule has 0 radical (unpaired) electrons. The molecule has 1 saturated heterocycles. The minimum atomic E-state index is -3.72. The van der Waals surface area contributed by atoms with Crippen LogP contribution in [0.2, 0.25) is 0 Å². The van der Waals surface area contributed by atoms with Crippen LogP contribution >= 0.6 is 0 Å². The fourth-order valence-electron chi connectivity index (χ4n) is 3.20. The molecule has 0 aromatic heterocycles. The molecule has 28 heavy (non-hydrogen) atoms. The zero-order valence-corrected chi connectivity index (χ0v) is 17.1. The van der Waals surface area contributed by atoms with Crippen LogP contribution in [0.1, 0.15) is 10.4 Å². The highest BCUT2D eigenvalue weighted by Crippen LogP contribution is 2.27. The van der Waals surface area contributed by atoms with Gasteiger partial charge in [0.15, 0.2) is 0 Å². The molecule has 8 heteroatoms. The van der Waals surface area contributed by atoms with Gasteiger partial charge in [-0.3, -0.25) is 4.79 Å². The maximum Gasteiger partial charge on any atom is 0.254 e. The Morgan fingerprint density at radius 2 is 1.64 bits per heavy atom. The molecule has 2 aromatic rings. The first-order valence-corrected chi connectivity index (χ1v) is 10.5. The second kappa shape index (κ2) is 8.20. The molecule has 1 fully saturated rings. The number of amides is 1. The lowest BCUT2D eigenvalue weighted by Gasteiger charge is -2.36. The predicted octanol–water partition coefficient (Wildman–Crippen LogP) is 1.91. The first-order valence-electron chi connectivity index (χ1n) is 9.04. The monoisotopic (exact) mass is 403 g/mol. The Hall–Kier alpha value is -2.58. The first kappa shape index (κ1) is 20.2. The van der Waals surface area contributed by atoms with E-state index in [9.17, 15) is 13.2 Å². The third-order valence-electron chi connectivity index (χ3n) is 4.86. The maximum absolute atomic E-state index is 12.9. The van der Waals surface area contributed by atoms with Crippen molar-refractivity contribution in [1.29, 1.82) is 0 Å². The van der Waals surface area contributed by atoms with E-state index in [1.165, 1.54) is 33.3 Å². The Labute approximate surface area is 166 Å². The van der Waals surface area contributed by atoms with Crippen molar-refractivity contribution in [2.75, 3.05) is 52.3 Å². The molecule has 3 rings (SSSR count). The standard InChI is InChI=1S/C20H25N3O4S/c1-21(2)28(25,26)19-15-16(9-10-18(19)27-3)20(24)23-13-11-22(12-14-23)17-7-5-4-6-8-17/h4-10,15H,11-14H2,1-3H3. The molecule has 0 spiro atoms. The number of nitrogens with zero attached hydrogens (tertiary/aromatic N) is 3. The number of para-hydroxylation sites is 1. The van der Waals surface area contributed by atoms with Crippen LogP contribution in [-0.2, 0) is 10.0 Å². The van der Waals surface area contributed by atoms with Crippen molar-refractivity contribution in [2.24, 2.45) is 0 Å². The molecular weight excluding hydrogens is 378 g/mol. The molecule has 0 unspecified atom stereocenters. The molecule has 0 aliphatic carbocycles. The van der Waals surface area contributed by atoms with E-state index in [0.29, 0.717) is 18.7 Å². The van der Waals surface area contributed by atoms with E-state index in [1.807, 2.05) is 18.2 Å². The summed E-state index contributed by atoms with van der Waals surface area (Å²) >= 11 is 0. The quantitative estimate of drug-likeness (QED) is 0.763. The average molecular weight is 404 g/mol. The highest BCUT2D eigenvalue weighted by atomic mass is 32.2. The minimum absolute atomic E-state index is 0.00577. The number of benzene rings is 2. The molecule has 2 aromatic carbocycles. The lowest BCUT2D eigenvalue weighted by atomic mass is 10.1. The first-order chi connectivity index (χ1) is 13.3. The van der Waals surface area contributed by atoms with E-state index in [1.54, 1.807) is 11.0 Å². The second-order valence-corrected chi connectivity index (χ2v) is 8.89. The van der Waals surface area contributed by atoms with Gasteiger partial charge in [0, 0.05) is 51.5 Å². The molecule has 1 amide bonds. The van der Waals surface area contributed by atoms with Gasteiger partial charge in [-0.1, -0.05) is 18.2 Å². The van der Waals surface area contributed by atoms with Crippen LogP contribution in [0.15, 0.2) is 53.4 Å². The minimum Gasteiger partial charge on any atom is -0.495 e. The van der Waals surface area contributed by atoms with Gasteiger partial charge in [-0.15, -0.1) is 0 Å². The van der Waals surface area contributed by atoms with Crippen LogP contribution in [-0.4, -0.2) is 70.9 Å². The van der Waals surface area contributed by atoms with Crippen molar-refractivity contribution in [3.8, 4) is 5.75 Å². The molecule has 0 bridgehead atoms. The second-order valence-electron chi connectivity index (χ2n) is 6.77. The van der Waals surface area contributed by atoms with Gasteiger partial charge in [0.05, 0.1) is 7.11 Å². The molecule has 0 atom stereocenters. The SMILES string of the molecule is COc1ccc(C(=O)N2CCN(c3ccccc3)CC2)cc1S(=O)(=O)N(C)C. The van der Waals surface area contributed by atoms with Gasteiger partial charge in [-0.25, -0.2) is 12.7 Å². The Morgan fingerprint density at radius 1 is 1.00 bits per heavy atom. The number of carbonyl (C=O) groups excluding carboxylic acids is 1. The Bertz CT molecular complexity index is 937. The summed E-state index contributed by atoms with van der Waals surface area (Å²) in [5.74, 6) is 0.0460. The molecule has 1 aliphatic heterocycles. The van der Waals surface area contributed by atoms with Crippen LogP contribution in [0.3, 0.4) is 0 Å². The van der Waals surface area contributed by atoms with Crippen molar-refractivity contribution >= 4 is 21.6 Å². The highest BCUT2D eigenvalue weighted by Gasteiger charge is 2.27. The van der Waals surface area contributed by atoms with E-state index < -0.39 is 10.0 Å². The smallest absolute Gasteiger partial charge is 0.254 e. The summed E-state index contributed by atoms with van der Waals surface area (Å²) in [4.78, 5) is 16.9. The lowest BCUT2D eigenvalue weighted by Crippen LogP contribution is -2.48. The molecule has 0 saturated carbocycles. The van der Waals surface area contributed by atoms with E-state index >= 15 is 0 Å². The van der Waals surface area contributed by atoms with E-state index in [2.05, 4.69) is 17.0 Å². The van der Waals surface area contributed by atoms with Crippen molar-refractivity contribution in [2.45, 2.75) is 4.90 Å². The van der Waals surface area contributed by atoms with Crippen molar-refractivity contribution in [3.63, 3.8) is 0 Å². The third-order valence-corrected chi connectivity index (χ3v) is 6.69. The Balaban J connectivity index is 1.78. The summed E-state index contributed by atoms with van der Waals surface area (Å²) in [5.41, 5.74) is 1.48. The highest BCUT2D eigenvalue weighted by molar-refractivity contribution is 7.89. The fourth-order valence-corrected chi connectivity index (χ4v) is 4.27. The number of carbonyl (C=O) groups is 1. The average Bonchev–Trinajstić information content (AvgIpc) is 2.73. The number of methoxy groups -OCH3 is 1. The van der Waals surface area contributed by atoms with E-state index in [-0.39, 0.29) is 16.6 Å². The number of piperazine rings is 1. The molecule has 7 nitrogen and oxygen atoms in total. The van der Waals surface area contributed by atoms with E-state index in [4.69, 9.17) is 4.74 Å². The van der Waals surface area contributed by atoms with Crippen molar-refractivity contribution < 1.29 is 17.9 Å². The van der Waals surface area contributed by atoms with Gasteiger partial charge in [-0.2, -0.15) is 0 Å². The third kappa shape index (κ3) is 3.98. The lowest BCUT2D eigenvalue weighted by molar-refractivity contribution is 0.0746. The number of hydrogen-bond donors (Lipinski definition) is 0. The number of anilines is 1. The fraction of sp³-hybridized carbons (Fsp3) is 0.350. The normalized spacial score (nSPS) is 15.0.